The Kier molecular flexibility index (Phi) is 6.12. The summed E-state index contributed by atoms with van der Waals surface area (Å²) in [6.45, 7) is 4.65. The topological polar surface area (TPSA) is 29.5 Å². The molecule has 1 aliphatic rings. The van der Waals surface area contributed by atoms with Crippen LogP contribution >= 0.6 is 24.0 Å². The Morgan fingerprint density at radius 1 is 1.15 bits per heavy atom. The van der Waals surface area contributed by atoms with E-state index in [1.54, 1.807) is 4.90 Å². The monoisotopic (exact) mass is 383 g/mol. The Labute approximate surface area is 164 Å². The SMILES string of the molecule is CC[C@H](C)Oc1ccc(/C=C2/SC(=S)N(Cc3ccccc3)C2=O)cc1. The summed E-state index contributed by atoms with van der Waals surface area (Å²) in [5.74, 6) is 0.803. The second-order valence-electron chi connectivity index (χ2n) is 6.16. The van der Waals surface area contributed by atoms with Crippen LogP contribution in [0.25, 0.3) is 6.08 Å². The largest absolute Gasteiger partial charge is 0.491 e. The average molecular weight is 384 g/mol. The molecule has 1 fully saturated rings. The molecule has 1 heterocycles. The first kappa shape index (κ1) is 18.7. The van der Waals surface area contributed by atoms with Gasteiger partial charge >= 0.3 is 0 Å². The highest BCUT2D eigenvalue weighted by atomic mass is 32.2. The first-order valence-corrected chi connectivity index (χ1v) is 9.85. The lowest BCUT2D eigenvalue weighted by Gasteiger charge is -2.14. The molecular weight excluding hydrogens is 362 g/mol. The number of carbonyl (C=O) groups is 1. The zero-order chi connectivity index (χ0) is 18.5. The van der Waals surface area contributed by atoms with E-state index < -0.39 is 0 Å². The van der Waals surface area contributed by atoms with E-state index in [0.29, 0.717) is 15.8 Å². The van der Waals surface area contributed by atoms with Crippen molar-refractivity contribution in [2.24, 2.45) is 0 Å². The quantitative estimate of drug-likeness (QED) is 0.502. The van der Waals surface area contributed by atoms with Crippen LogP contribution in [0.5, 0.6) is 5.75 Å². The number of nitrogens with zero attached hydrogens (tertiary/aromatic N) is 1. The summed E-state index contributed by atoms with van der Waals surface area (Å²) in [7, 11) is 0. The molecule has 0 spiro atoms. The van der Waals surface area contributed by atoms with E-state index in [2.05, 4.69) is 6.92 Å². The smallest absolute Gasteiger partial charge is 0.266 e. The molecule has 0 N–H and O–H groups in total. The molecule has 134 valence electrons. The summed E-state index contributed by atoms with van der Waals surface area (Å²) in [5.41, 5.74) is 2.03. The van der Waals surface area contributed by atoms with Gasteiger partial charge in [0.15, 0.2) is 0 Å². The summed E-state index contributed by atoms with van der Waals surface area (Å²) in [6, 6.07) is 17.7. The molecule has 2 aromatic carbocycles. The molecule has 1 saturated heterocycles. The van der Waals surface area contributed by atoms with Crippen LogP contribution in [0.15, 0.2) is 59.5 Å². The van der Waals surface area contributed by atoms with Crippen LogP contribution in [0.1, 0.15) is 31.4 Å². The van der Waals surface area contributed by atoms with Gasteiger partial charge in [-0.25, -0.2) is 0 Å². The molecule has 0 aliphatic carbocycles. The van der Waals surface area contributed by atoms with Crippen LogP contribution < -0.4 is 4.74 Å². The van der Waals surface area contributed by atoms with E-state index >= 15 is 0 Å². The summed E-state index contributed by atoms with van der Waals surface area (Å²) in [4.78, 5) is 15.0. The molecule has 1 atom stereocenters. The van der Waals surface area contributed by atoms with Crippen LogP contribution in [0.4, 0.5) is 0 Å². The fourth-order valence-electron chi connectivity index (χ4n) is 2.51. The molecule has 26 heavy (non-hydrogen) atoms. The van der Waals surface area contributed by atoms with Crippen molar-refractivity contribution in [3.05, 3.63) is 70.6 Å². The molecule has 0 aromatic heterocycles. The van der Waals surface area contributed by atoms with E-state index in [-0.39, 0.29) is 12.0 Å². The Morgan fingerprint density at radius 3 is 2.50 bits per heavy atom. The maximum atomic E-state index is 12.7. The number of hydrogen-bond donors (Lipinski definition) is 0. The molecule has 1 aliphatic heterocycles. The van der Waals surface area contributed by atoms with Crippen molar-refractivity contribution in [3.8, 4) is 5.75 Å². The number of carbonyl (C=O) groups excluding carboxylic acids is 1. The first-order chi connectivity index (χ1) is 12.6. The molecule has 0 radical (unpaired) electrons. The normalized spacial score (nSPS) is 17.0. The third-order valence-corrected chi connectivity index (χ3v) is 5.52. The molecule has 2 aromatic rings. The van der Waals surface area contributed by atoms with Crippen LogP contribution in [-0.4, -0.2) is 21.2 Å². The third-order valence-electron chi connectivity index (χ3n) is 4.15. The van der Waals surface area contributed by atoms with Crippen molar-refractivity contribution in [2.75, 3.05) is 0 Å². The summed E-state index contributed by atoms with van der Waals surface area (Å²) < 4.78 is 6.39. The lowest BCUT2D eigenvalue weighted by atomic mass is 10.2. The number of ether oxygens (including phenoxy) is 1. The highest BCUT2D eigenvalue weighted by Crippen LogP contribution is 2.33. The molecule has 3 nitrogen and oxygen atoms in total. The minimum atomic E-state index is -0.0382. The average Bonchev–Trinajstić information content (AvgIpc) is 2.91. The summed E-state index contributed by atoms with van der Waals surface area (Å²) >= 11 is 6.75. The lowest BCUT2D eigenvalue weighted by Crippen LogP contribution is -2.27. The standard InChI is InChI=1S/C21H21NO2S2/c1-3-15(2)24-18-11-9-16(10-12-18)13-19-20(23)22(21(25)26-19)14-17-7-5-4-6-8-17/h4-13,15H,3,14H2,1-2H3/b19-13+/t15-/m0/s1. The van der Waals surface area contributed by atoms with Gasteiger partial charge in [-0.15, -0.1) is 0 Å². The van der Waals surface area contributed by atoms with Crippen molar-refractivity contribution in [1.82, 2.24) is 4.90 Å². The fourth-order valence-corrected chi connectivity index (χ4v) is 3.77. The van der Waals surface area contributed by atoms with Gasteiger partial charge in [-0.1, -0.05) is 73.4 Å². The van der Waals surface area contributed by atoms with Crippen LogP contribution in [0.2, 0.25) is 0 Å². The fraction of sp³-hybridized carbons (Fsp3) is 0.238. The second kappa shape index (κ2) is 8.52. The maximum absolute atomic E-state index is 12.7. The van der Waals surface area contributed by atoms with Gasteiger partial charge in [0.05, 0.1) is 17.6 Å². The van der Waals surface area contributed by atoms with Crippen LogP contribution in [-0.2, 0) is 11.3 Å². The van der Waals surface area contributed by atoms with Crippen molar-refractivity contribution >= 4 is 40.3 Å². The van der Waals surface area contributed by atoms with Crippen molar-refractivity contribution in [2.45, 2.75) is 32.9 Å². The Morgan fingerprint density at radius 2 is 1.85 bits per heavy atom. The minimum Gasteiger partial charge on any atom is -0.491 e. The number of thioether (sulfide) groups is 1. The van der Waals surface area contributed by atoms with Gasteiger partial charge in [-0.3, -0.25) is 9.69 Å². The van der Waals surface area contributed by atoms with E-state index in [1.807, 2.05) is 67.6 Å². The molecular formula is C21H21NO2S2. The molecule has 0 unspecified atom stereocenters. The minimum absolute atomic E-state index is 0.0382. The molecule has 3 rings (SSSR count). The number of benzene rings is 2. The number of amides is 1. The number of thiocarbonyl (C=S) groups is 1. The molecule has 5 heteroatoms. The number of rotatable bonds is 6. The van der Waals surface area contributed by atoms with Crippen molar-refractivity contribution in [3.63, 3.8) is 0 Å². The molecule has 1 amide bonds. The van der Waals surface area contributed by atoms with Gasteiger partial charge in [-0.2, -0.15) is 0 Å². The van der Waals surface area contributed by atoms with Crippen molar-refractivity contribution in [1.29, 1.82) is 0 Å². The van der Waals surface area contributed by atoms with Gasteiger partial charge in [0.25, 0.3) is 5.91 Å². The lowest BCUT2D eigenvalue weighted by molar-refractivity contribution is -0.122. The van der Waals surface area contributed by atoms with Gasteiger partial charge in [-0.05, 0) is 42.7 Å². The van der Waals surface area contributed by atoms with E-state index in [0.717, 1.165) is 23.3 Å². The van der Waals surface area contributed by atoms with E-state index in [4.69, 9.17) is 17.0 Å². The van der Waals surface area contributed by atoms with E-state index in [1.165, 1.54) is 11.8 Å². The van der Waals surface area contributed by atoms with Crippen LogP contribution in [0, 0.1) is 0 Å². The van der Waals surface area contributed by atoms with E-state index in [9.17, 15) is 4.79 Å². The van der Waals surface area contributed by atoms with Gasteiger partial charge < -0.3 is 4.74 Å². The van der Waals surface area contributed by atoms with Crippen molar-refractivity contribution < 1.29 is 9.53 Å². The van der Waals surface area contributed by atoms with Gasteiger partial charge in [0, 0.05) is 0 Å². The Hall–Kier alpha value is -2.11. The summed E-state index contributed by atoms with van der Waals surface area (Å²) in [6.07, 6.45) is 3.04. The zero-order valence-electron chi connectivity index (χ0n) is 14.8. The summed E-state index contributed by atoms with van der Waals surface area (Å²) in [5, 5.41) is 0. The predicted octanol–water partition coefficient (Wildman–Crippen LogP) is 5.27. The number of hydrogen-bond acceptors (Lipinski definition) is 4. The highest BCUT2D eigenvalue weighted by molar-refractivity contribution is 8.26. The predicted molar refractivity (Wildman–Crippen MR) is 112 cm³/mol. The third kappa shape index (κ3) is 4.54. The second-order valence-corrected chi connectivity index (χ2v) is 7.83. The zero-order valence-corrected chi connectivity index (χ0v) is 16.5. The first-order valence-electron chi connectivity index (χ1n) is 8.63. The maximum Gasteiger partial charge on any atom is 0.266 e. The highest BCUT2D eigenvalue weighted by Gasteiger charge is 2.31. The Bertz CT molecular complexity index is 816. The van der Waals surface area contributed by atoms with Gasteiger partial charge in [0.1, 0.15) is 10.1 Å². The van der Waals surface area contributed by atoms with Gasteiger partial charge in [0.2, 0.25) is 0 Å². The molecule has 0 saturated carbocycles. The van der Waals surface area contributed by atoms with Crippen LogP contribution in [0.3, 0.4) is 0 Å². The Balaban J connectivity index is 1.71. The molecule has 0 bridgehead atoms.